The molecule has 3 aromatic rings. The van der Waals surface area contributed by atoms with Crippen LogP contribution in [0.4, 0.5) is 10.1 Å². The van der Waals surface area contributed by atoms with Gasteiger partial charge in [0.2, 0.25) is 5.91 Å². The fraction of sp³-hybridized carbons (Fsp3) is 0.227. The van der Waals surface area contributed by atoms with Gasteiger partial charge in [-0.05, 0) is 53.6 Å². The molecule has 1 amide bonds. The van der Waals surface area contributed by atoms with Gasteiger partial charge >= 0.3 is 0 Å². The van der Waals surface area contributed by atoms with Gasteiger partial charge in [-0.3, -0.25) is 14.8 Å². The minimum absolute atomic E-state index is 0.0510. The van der Waals surface area contributed by atoms with Crippen LogP contribution in [-0.4, -0.2) is 27.9 Å². The molecule has 0 bridgehead atoms. The number of aromatic nitrogens is 2. The molecule has 0 aliphatic carbocycles. The van der Waals surface area contributed by atoms with E-state index in [2.05, 4.69) is 9.97 Å². The molecule has 148 valence electrons. The monoisotopic (exact) mass is 392 g/mol. The van der Waals surface area contributed by atoms with Gasteiger partial charge in [-0.2, -0.15) is 0 Å². The van der Waals surface area contributed by atoms with Crippen molar-refractivity contribution < 1.29 is 13.9 Å². The fourth-order valence-electron chi connectivity index (χ4n) is 3.42. The quantitative estimate of drug-likeness (QED) is 0.722. The minimum Gasteiger partial charge on any atom is -0.397 e. The Morgan fingerprint density at radius 1 is 1.17 bits per heavy atom. The van der Waals surface area contributed by atoms with Crippen LogP contribution in [0, 0.1) is 5.82 Å². The molecule has 0 spiro atoms. The maximum absolute atomic E-state index is 13.2. The number of nitrogen functional groups attached to an aromatic ring is 1. The molecular weight excluding hydrogens is 371 g/mol. The van der Waals surface area contributed by atoms with E-state index in [4.69, 9.17) is 10.5 Å². The number of hydrogen-bond acceptors (Lipinski definition) is 5. The van der Waals surface area contributed by atoms with Crippen molar-refractivity contribution in [1.82, 2.24) is 14.9 Å². The zero-order valence-corrected chi connectivity index (χ0v) is 16.1. The molecule has 2 N–H and O–H groups in total. The first-order valence-electron chi connectivity index (χ1n) is 9.28. The number of anilines is 1. The van der Waals surface area contributed by atoms with E-state index in [0.29, 0.717) is 36.8 Å². The highest BCUT2D eigenvalue weighted by molar-refractivity contribution is 5.81. The van der Waals surface area contributed by atoms with Gasteiger partial charge in [0.1, 0.15) is 5.82 Å². The molecule has 0 unspecified atom stereocenters. The van der Waals surface area contributed by atoms with Crippen molar-refractivity contribution in [2.75, 3.05) is 12.8 Å². The zero-order chi connectivity index (χ0) is 20.4. The molecule has 29 heavy (non-hydrogen) atoms. The lowest BCUT2D eigenvalue weighted by molar-refractivity contribution is -0.131. The summed E-state index contributed by atoms with van der Waals surface area (Å²) >= 11 is 0. The summed E-state index contributed by atoms with van der Waals surface area (Å²) in [5.41, 5.74) is 11.4. The van der Waals surface area contributed by atoms with Crippen LogP contribution >= 0.6 is 0 Å². The van der Waals surface area contributed by atoms with Crippen LogP contribution in [-0.2, 0) is 35.6 Å². The highest BCUT2D eigenvalue weighted by atomic mass is 19.1. The first-order valence-corrected chi connectivity index (χ1v) is 9.28. The Hall–Kier alpha value is -3.32. The maximum atomic E-state index is 13.2. The van der Waals surface area contributed by atoms with Crippen LogP contribution in [0.1, 0.15) is 22.5 Å². The molecule has 0 radical (unpaired) electrons. The summed E-state index contributed by atoms with van der Waals surface area (Å²) in [5, 5.41) is 0. The topological polar surface area (TPSA) is 81.3 Å². The second kappa shape index (κ2) is 7.97. The second-order valence-electron chi connectivity index (χ2n) is 7.04. The normalized spacial score (nSPS) is 12.8. The van der Waals surface area contributed by atoms with Gasteiger partial charge in [0, 0.05) is 32.0 Å². The van der Waals surface area contributed by atoms with Gasteiger partial charge in [-0.1, -0.05) is 0 Å². The third-order valence-corrected chi connectivity index (χ3v) is 4.97. The second-order valence-corrected chi connectivity index (χ2v) is 7.04. The molecule has 1 aliphatic rings. The molecule has 0 saturated heterocycles. The average Bonchev–Trinajstić information content (AvgIpc) is 3.14. The Morgan fingerprint density at radius 3 is 2.69 bits per heavy atom. The number of hydrogen-bond donors (Lipinski definition) is 1. The summed E-state index contributed by atoms with van der Waals surface area (Å²) in [7, 11) is 1.63. The molecule has 0 fully saturated rings. The summed E-state index contributed by atoms with van der Waals surface area (Å²) in [4.78, 5) is 23.6. The van der Waals surface area contributed by atoms with E-state index in [-0.39, 0.29) is 18.1 Å². The average molecular weight is 392 g/mol. The van der Waals surface area contributed by atoms with E-state index < -0.39 is 0 Å². The van der Waals surface area contributed by atoms with E-state index in [0.717, 1.165) is 22.4 Å². The SMILES string of the molecule is COCc1cc2c(cn1)CN(C(=O)Cc1nc(-c3ccc(F)cc3)ccc1N)C2. The van der Waals surface area contributed by atoms with Crippen molar-refractivity contribution in [3.8, 4) is 11.3 Å². The molecule has 1 aromatic carbocycles. The minimum atomic E-state index is -0.309. The van der Waals surface area contributed by atoms with Crippen LogP contribution in [0.3, 0.4) is 0 Å². The number of fused-ring (bicyclic) bond motifs is 1. The Morgan fingerprint density at radius 2 is 1.93 bits per heavy atom. The Labute approximate surface area is 168 Å². The molecule has 4 rings (SSSR count). The number of benzene rings is 1. The molecule has 0 saturated carbocycles. The smallest absolute Gasteiger partial charge is 0.229 e. The number of methoxy groups -OCH3 is 1. The first kappa shape index (κ1) is 19.0. The highest BCUT2D eigenvalue weighted by Gasteiger charge is 2.25. The van der Waals surface area contributed by atoms with Crippen LogP contribution in [0.2, 0.25) is 0 Å². The first-order chi connectivity index (χ1) is 14.0. The van der Waals surface area contributed by atoms with E-state index in [1.54, 1.807) is 42.5 Å². The molecule has 7 heteroatoms. The van der Waals surface area contributed by atoms with E-state index >= 15 is 0 Å². The maximum Gasteiger partial charge on any atom is 0.229 e. The van der Waals surface area contributed by atoms with Gasteiger partial charge in [-0.25, -0.2) is 4.39 Å². The van der Waals surface area contributed by atoms with Crippen LogP contribution in [0.15, 0.2) is 48.7 Å². The van der Waals surface area contributed by atoms with Crippen molar-refractivity contribution in [3.63, 3.8) is 0 Å². The zero-order valence-electron chi connectivity index (χ0n) is 16.1. The highest BCUT2D eigenvalue weighted by Crippen LogP contribution is 2.25. The number of amides is 1. The summed E-state index contributed by atoms with van der Waals surface area (Å²) in [6, 6.07) is 11.5. The van der Waals surface area contributed by atoms with Crippen molar-refractivity contribution in [2.24, 2.45) is 0 Å². The number of nitrogens with zero attached hydrogens (tertiary/aromatic N) is 3. The van der Waals surface area contributed by atoms with Gasteiger partial charge in [0.05, 0.1) is 35.8 Å². The van der Waals surface area contributed by atoms with E-state index in [9.17, 15) is 9.18 Å². The summed E-state index contributed by atoms with van der Waals surface area (Å²) in [5.74, 6) is -0.360. The number of rotatable bonds is 5. The molecule has 1 aliphatic heterocycles. The lowest BCUT2D eigenvalue weighted by Gasteiger charge is -2.16. The van der Waals surface area contributed by atoms with Gasteiger partial charge < -0.3 is 15.4 Å². The predicted molar refractivity (Wildman–Crippen MR) is 107 cm³/mol. The van der Waals surface area contributed by atoms with Crippen molar-refractivity contribution in [1.29, 1.82) is 0 Å². The van der Waals surface area contributed by atoms with Crippen LogP contribution < -0.4 is 5.73 Å². The predicted octanol–water partition coefficient (Wildman–Crippen LogP) is 3.10. The number of nitrogens with two attached hydrogens (primary N) is 1. The standard InChI is InChI=1S/C22H21FN4O2/c1-29-13-18-8-15-11-27(12-16(15)10-25-18)22(28)9-21-19(24)6-7-20(26-21)14-2-4-17(23)5-3-14/h2-8,10H,9,11-13,24H2,1H3. The summed E-state index contributed by atoms with van der Waals surface area (Å²) in [6.45, 7) is 1.49. The van der Waals surface area contributed by atoms with Crippen LogP contribution in [0.25, 0.3) is 11.3 Å². The Bertz CT molecular complexity index is 1050. The molecule has 0 atom stereocenters. The van der Waals surface area contributed by atoms with E-state index in [1.165, 1.54) is 12.1 Å². The molecule has 2 aromatic heterocycles. The lowest BCUT2D eigenvalue weighted by Crippen LogP contribution is -2.27. The summed E-state index contributed by atoms with van der Waals surface area (Å²) in [6.07, 6.45) is 1.91. The van der Waals surface area contributed by atoms with E-state index in [1.807, 2.05) is 6.07 Å². The van der Waals surface area contributed by atoms with Crippen molar-refractivity contribution in [3.05, 3.63) is 77.0 Å². The number of halogens is 1. The van der Waals surface area contributed by atoms with Gasteiger partial charge in [0.25, 0.3) is 0 Å². The van der Waals surface area contributed by atoms with Gasteiger partial charge in [-0.15, -0.1) is 0 Å². The Balaban J connectivity index is 1.50. The third kappa shape index (κ3) is 4.09. The van der Waals surface area contributed by atoms with Gasteiger partial charge in [0.15, 0.2) is 0 Å². The molecule has 3 heterocycles. The molecule has 6 nitrogen and oxygen atoms in total. The number of ether oxygens (including phenoxy) is 1. The Kier molecular flexibility index (Phi) is 5.22. The molecular formula is C22H21FN4O2. The largest absolute Gasteiger partial charge is 0.397 e. The fourth-order valence-corrected chi connectivity index (χ4v) is 3.42. The van der Waals surface area contributed by atoms with Crippen LogP contribution in [0.5, 0.6) is 0 Å². The lowest BCUT2D eigenvalue weighted by atomic mass is 10.1. The number of carbonyl (C=O) groups is 1. The number of pyridine rings is 2. The third-order valence-electron chi connectivity index (χ3n) is 4.97. The summed E-state index contributed by atoms with van der Waals surface area (Å²) < 4.78 is 18.3. The van der Waals surface area contributed by atoms with Crippen molar-refractivity contribution >= 4 is 11.6 Å². The number of carbonyl (C=O) groups excluding carboxylic acids is 1. The van der Waals surface area contributed by atoms with Crippen molar-refractivity contribution in [2.45, 2.75) is 26.1 Å².